The molecular formula is C9H8BrN3O3S3. The smallest absolute Gasteiger partial charge is 0.274 e. The first-order valence-electron chi connectivity index (χ1n) is 4.84. The minimum atomic E-state index is -3.65. The van der Waals surface area contributed by atoms with E-state index >= 15 is 0 Å². The summed E-state index contributed by atoms with van der Waals surface area (Å²) < 4.78 is 27.3. The summed E-state index contributed by atoms with van der Waals surface area (Å²) in [5, 5.41) is 15.1. The Morgan fingerprint density at radius 3 is 2.84 bits per heavy atom. The molecule has 0 bridgehead atoms. The molecule has 0 fully saturated rings. The summed E-state index contributed by atoms with van der Waals surface area (Å²) in [6.07, 6.45) is 0. The van der Waals surface area contributed by atoms with Crippen molar-refractivity contribution in [3.05, 3.63) is 27.0 Å². The van der Waals surface area contributed by atoms with Gasteiger partial charge in [-0.3, -0.25) is 4.72 Å². The molecular weight excluding hydrogens is 374 g/mol. The summed E-state index contributed by atoms with van der Waals surface area (Å²) in [7, 11) is -3.65. The van der Waals surface area contributed by atoms with Gasteiger partial charge in [-0.2, -0.15) is 0 Å². The fourth-order valence-electron chi connectivity index (χ4n) is 1.17. The van der Waals surface area contributed by atoms with Gasteiger partial charge in [-0.05, 0) is 34.3 Å². The normalized spacial score (nSPS) is 12.6. The van der Waals surface area contributed by atoms with E-state index in [1.807, 2.05) is 0 Å². The molecule has 0 unspecified atom stereocenters. The Morgan fingerprint density at radius 2 is 2.26 bits per heavy atom. The maximum absolute atomic E-state index is 12.1. The molecule has 102 valence electrons. The van der Waals surface area contributed by atoms with Crippen molar-refractivity contribution in [2.24, 2.45) is 5.16 Å². The van der Waals surface area contributed by atoms with Crippen LogP contribution in [0.4, 0.5) is 5.13 Å². The van der Waals surface area contributed by atoms with Crippen molar-refractivity contribution in [1.29, 1.82) is 0 Å². The molecule has 2 rings (SSSR count). The zero-order chi connectivity index (χ0) is 14.0. The monoisotopic (exact) mass is 381 g/mol. The van der Waals surface area contributed by atoms with Crippen LogP contribution in [-0.2, 0) is 10.0 Å². The van der Waals surface area contributed by atoms with E-state index < -0.39 is 10.0 Å². The van der Waals surface area contributed by atoms with Crippen molar-refractivity contribution in [1.82, 2.24) is 4.98 Å². The molecule has 6 nitrogen and oxygen atoms in total. The number of hydrogen-bond donors (Lipinski definition) is 2. The molecule has 10 heteroatoms. The van der Waals surface area contributed by atoms with Crippen LogP contribution < -0.4 is 4.72 Å². The molecule has 2 aromatic rings. The van der Waals surface area contributed by atoms with E-state index in [0.29, 0.717) is 15.9 Å². The van der Waals surface area contributed by atoms with E-state index in [1.165, 1.54) is 0 Å². The first-order valence-corrected chi connectivity index (χ1v) is 8.88. The lowest BCUT2D eigenvalue weighted by Gasteiger charge is -2.02. The highest BCUT2D eigenvalue weighted by atomic mass is 79.9. The minimum absolute atomic E-state index is 0.191. The second-order valence-corrected chi connectivity index (χ2v) is 7.89. The lowest BCUT2D eigenvalue weighted by atomic mass is 10.3. The summed E-state index contributed by atoms with van der Waals surface area (Å²) in [4.78, 5) is 4.03. The van der Waals surface area contributed by atoms with Gasteiger partial charge in [0.2, 0.25) is 0 Å². The first kappa shape index (κ1) is 14.4. The highest BCUT2D eigenvalue weighted by molar-refractivity contribution is 9.10. The van der Waals surface area contributed by atoms with E-state index in [0.717, 1.165) is 22.7 Å². The molecule has 0 spiro atoms. The van der Waals surface area contributed by atoms with Crippen LogP contribution in [0.25, 0.3) is 0 Å². The molecule has 0 aromatic carbocycles. The quantitative estimate of drug-likeness (QED) is 0.483. The Bertz CT molecular complexity index is 720. The Kier molecular flexibility index (Phi) is 4.23. The fraction of sp³-hybridized carbons (Fsp3) is 0.111. The number of halogens is 1. The van der Waals surface area contributed by atoms with Gasteiger partial charge in [0, 0.05) is 9.85 Å². The maximum Gasteiger partial charge on any atom is 0.274 e. The van der Waals surface area contributed by atoms with Gasteiger partial charge in [0.05, 0.1) is 0 Å². The van der Waals surface area contributed by atoms with Crippen LogP contribution in [0.5, 0.6) is 0 Å². The molecule has 2 heterocycles. The van der Waals surface area contributed by atoms with Crippen LogP contribution in [0, 0.1) is 0 Å². The molecule has 0 aliphatic rings. The second-order valence-electron chi connectivity index (χ2n) is 3.38. The Hall–Kier alpha value is -0.970. The van der Waals surface area contributed by atoms with Crippen molar-refractivity contribution in [2.45, 2.75) is 11.1 Å². The highest BCUT2D eigenvalue weighted by Gasteiger charge is 2.20. The number of oxime groups is 1. The van der Waals surface area contributed by atoms with Crippen LogP contribution in [0.3, 0.4) is 0 Å². The summed E-state index contributed by atoms with van der Waals surface area (Å²) in [6, 6.07) is 1.66. The van der Waals surface area contributed by atoms with Crippen molar-refractivity contribution >= 4 is 59.5 Å². The molecule has 0 radical (unpaired) electrons. The lowest BCUT2D eigenvalue weighted by molar-refractivity contribution is 0.319. The Labute approximate surface area is 126 Å². The molecule has 0 saturated carbocycles. The number of rotatable bonds is 4. The van der Waals surface area contributed by atoms with Crippen molar-refractivity contribution in [2.75, 3.05) is 4.72 Å². The molecule has 0 aliphatic carbocycles. The van der Waals surface area contributed by atoms with Crippen molar-refractivity contribution in [3.8, 4) is 0 Å². The van der Waals surface area contributed by atoms with Crippen LogP contribution in [0.2, 0.25) is 0 Å². The average molecular weight is 382 g/mol. The number of anilines is 1. The molecule has 2 N–H and O–H groups in total. The van der Waals surface area contributed by atoms with Gasteiger partial charge in [-0.15, -0.1) is 22.7 Å². The lowest BCUT2D eigenvalue weighted by Crippen LogP contribution is -2.12. The van der Waals surface area contributed by atoms with Crippen LogP contribution >= 0.6 is 38.6 Å². The number of nitrogens with zero attached hydrogens (tertiary/aromatic N) is 2. The van der Waals surface area contributed by atoms with E-state index in [1.54, 1.807) is 23.8 Å². The first-order chi connectivity index (χ1) is 8.94. The third kappa shape index (κ3) is 3.14. The summed E-state index contributed by atoms with van der Waals surface area (Å²) >= 11 is 5.41. The number of hydrogen-bond acceptors (Lipinski definition) is 7. The van der Waals surface area contributed by atoms with Crippen LogP contribution in [0.15, 0.2) is 30.7 Å². The number of aromatic nitrogens is 1. The number of thiazole rings is 1. The largest absolute Gasteiger partial charge is 0.411 e. The third-order valence-electron chi connectivity index (χ3n) is 2.08. The predicted octanol–water partition coefficient (Wildman–Crippen LogP) is 2.97. The van der Waals surface area contributed by atoms with Gasteiger partial charge in [0.1, 0.15) is 11.4 Å². The van der Waals surface area contributed by atoms with Crippen molar-refractivity contribution in [3.63, 3.8) is 0 Å². The topological polar surface area (TPSA) is 91.7 Å². The van der Waals surface area contributed by atoms with Gasteiger partial charge in [0.25, 0.3) is 10.0 Å². The number of sulfonamides is 1. The van der Waals surface area contributed by atoms with Gasteiger partial charge >= 0.3 is 0 Å². The fourth-order valence-corrected chi connectivity index (χ4v) is 5.52. The summed E-state index contributed by atoms with van der Waals surface area (Å²) in [5.41, 5.74) is 0.745. The summed E-state index contributed by atoms with van der Waals surface area (Å²) in [6.45, 7) is 1.57. The second kappa shape index (κ2) is 5.57. The predicted molar refractivity (Wildman–Crippen MR) is 78.9 cm³/mol. The van der Waals surface area contributed by atoms with E-state index in [9.17, 15) is 8.42 Å². The minimum Gasteiger partial charge on any atom is -0.411 e. The van der Waals surface area contributed by atoms with E-state index in [-0.39, 0.29) is 9.34 Å². The van der Waals surface area contributed by atoms with Gasteiger partial charge in [-0.25, -0.2) is 13.4 Å². The molecule has 0 saturated heterocycles. The summed E-state index contributed by atoms with van der Waals surface area (Å²) in [5.74, 6) is 0. The van der Waals surface area contributed by atoms with Gasteiger partial charge in [-0.1, -0.05) is 5.16 Å². The standard InChI is InChI=1S/C9H8BrN3O3S3/c1-5(12-14)7-4-18-9(11-7)13-19(15,16)8-6(10)2-3-17-8/h2-4,14H,1H3,(H,11,13). The Balaban J connectivity index is 2.27. The van der Waals surface area contributed by atoms with Gasteiger partial charge < -0.3 is 5.21 Å². The molecule has 0 atom stereocenters. The van der Waals surface area contributed by atoms with E-state index in [4.69, 9.17) is 5.21 Å². The number of nitrogens with one attached hydrogen (secondary N) is 1. The van der Waals surface area contributed by atoms with E-state index in [2.05, 4.69) is 30.8 Å². The zero-order valence-corrected chi connectivity index (χ0v) is 13.5. The highest BCUT2D eigenvalue weighted by Crippen LogP contribution is 2.30. The molecule has 0 amide bonds. The maximum atomic E-state index is 12.1. The Morgan fingerprint density at radius 1 is 1.53 bits per heavy atom. The van der Waals surface area contributed by atoms with Gasteiger partial charge in [0.15, 0.2) is 9.34 Å². The van der Waals surface area contributed by atoms with Crippen molar-refractivity contribution < 1.29 is 13.6 Å². The molecule has 0 aliphatic heterocycles. The molecule has 19 heavy (non-hydrogen) atoms. The molecule has 2 aromatic heterocycles. The van der Waals surface area contributed by atoms with Crippen LogP contribution in [-0.4, -0.2) is 24.3 Å². The zero-order valence-electron chi connectivity index (χ0n) is 9.49. The average Bonchev–Trinajstić information content (AvgIpc) is 2.96. The van der Waals surface area contributed by atoms with Crippen LogP contribution in [0.1, 0.15) is 12.6 Å². The third-order valence-corrected chi connectivity index (χ3v) is 6.97. The number of thiophene rings is 1. The SMILES string of the molecule is CC(=NO)c1csc(NS(=O)(=O)c2sccc2Br)n1.